The zero-order valence-electron chi connectivity index (χ0n) is 12.8. The van der Waals surface area contributed by atoms with Crippen LogP contribution in [0.25, 0.3) is 11.3 Å². The van der Waals surface area contributed by atoms with Crippen molar-refractivity contribution in [3.05, 3.63) is 30.0 Å². The molecule has 5 nitrogen and oxygen atoms in total. The summed E-state index contributed by atoms with van der Waals surface area (Å²) in [6.07, 6.45) is 3.57. The van der Waals surface area contributed by atoms with Gasteiger partial charge in [0.15, 0.2) is 17.8 Å². The van der Waals surface area contributed by atoms with E-state index >= 15 is 0 Å². The van der Waals surface area contributed by atoms with Crippen LogP contribution in [0.3, 0.4) is 0 Å². The summed E-state index contributed by atoms with van der Waals surface area (Å²) >= 11 is 0. The Bertz CT molecular complexity index is 634. The molecule has 0 aliphatic rings. The number of carbonyl (C=O) groups excluding carboxylic acids is 1. The van der Waals surface area contributed by atoms with E-state index in [4.69, 9.17) is 9.47 Å². The van der Waals surface area contributed by atoms with Crippen molar-refractivity contribution < 1.29 is 14.3 Å². The van der Waals surface area contributed by atoms with Gasteiger partial charge in [-0.05, 0) is 31.5 Å². The van der Waals surface area contributed by atoms with Crippen LogP contribution in [0.5, 0.6) is 11.5 Å². The molecule has 1 aromatic heterocycles. The minimum Gasteiger partial charge on any atom is -0.493 e. The van der Waals surface area contributed by atoms with Crippen LogP contribution in [0.4, 0.5) is 0 Å². The maximum absolute atomic E-state index is 11.3. The Morgan fingerprint density at radius 3 is 2.57 bits per heavy atom. The maximum Gasteiger partial charge on any atom is 0.161 e. The standard InChI is InChI=1S/C16H20N2O3/c1-5-11(2)18-9-13(10-19)16(17-18)12-6-7-14(20-3)15(8-12)21-4/h6-11H,5H2,1-4H3. The molecule has 0 saturated carbocycles. The summed E-state index contributed by atoms with van der Waals surface area (Å²) in [7, 11) is 3.17. The Labute approximate surface area is 124 Å². The highest BCUT2D eigenvalue weighted by Crippen LogP contribution is 2.33. The van der Waals surface area contributed by atoms with Crippen LogP contribution >= 0.6 is 0 Å². The van der Waals surface area contributed by atoms with E-state index in [0.29, 0.717) is 22.8 Å². The van der Waals surface area contributed by atoms with Crippen molar-refractivity contribution in [2.45, 2.75) is 26.3 Å². The summed E-state index contributed by atoms with van der Waals surface area (Å²) < 4.78 is 12.4. The van der Waals surface area contributed by atoms with Crippen molar-refractivity contribution in [2.75, 3.05) is 14.2 Å². The largest absolute Gasteiger partial charge is 0.493 e. The molecule has 1 unspecified atom stereocenters. The molecule has 5 heteroatoms. The average Bonchev–Trinajstić information content (AvgIpc) is 2.97. The summed E-state index contributed by atoms with van der Waals surface area (Å²) in [6.45, 7) is 4.16. The summed E-state index contributed by atoms with van der Waals surface area (Å²) in [5.74, 6) is 1.26. The van der Waals surface area contributed by atoms with Crippen LogP contribution in [0.1, 0.15) is 36.7 Å². The molecule has 2 rings (SSSR count). The normalized spacial score (nSPS) is 12.0. The Morgan fingerprint density at radius 1 is 1.29 bits per heavy atom. The van der Waals surface area contributed by atoms with Crippen molar-refractivity contribution in [2.24, 2.45) is 0 Å². The number of benzene rings is 1. The number of aldehydes is 1. The van der Waals surface area contributed by atoms with Gasteiger partial charge < -0.3 is 9.47 Å². The highest BCUT2D eigenvalue weighted by Gasteiger charge is 2.15. The summed E-state index contributed by atoms with van der Waals surface area (Å²) in [6, 6.07) is 5.76. The second-order valence-corrected chi connectivity index (χ2v) is 4.86. The number of hydrogen-bond acceptors (Lipinski definition) is 4. The van der Waals surface area contributed by atoms with Crippen LogP contribution in [-0.2, 0) is 0 Å². The molecule has 1 aromatic carbocycles. The van der Waals surface area contributed by atoms with E-state index in [1.54, 1.807) is 20.4 Å². The lowest BCUT2D eigenvalue weighted by Gasteiger charge is -2.09. The van der Waals surface area contributed by atoms with Crippen molar-refractivity contribution in [1.29, 1.82) is 0 Å². The fourth-order valence-electron chi connectivity index (χ4n) is 2.11. The number of ether oxygens (including phenoxy) is 2. The molecule has 0 radical (unpaired) electrons. The molecule has 0 amide bonds. The first-order valence-corrected chi connectivity index (χ1v) is 6.91. The first kappa shape index (κ1) is 15.1. The number of carbonyl (C=O) groups is 1. The predicted molar refractivity (Wildman–Crippen MR) is 81.2 cm³/mol. The molecule has 0 bridgehead atoms. The first-order chi connectivity index (χ1) is 10.1. The van der Waals surface area contributed by atoms with Gasteiger partial charge in [0.1, 0.15) is 5.69 Å². The molecular weight excluding hydrogens is 268 g/mol. The van der Waals surface area contributed by atoms with E-state index < -0.39 is 0 Å². The van der Waals surface area contributed by atoms with E-state index in [1.807, 2.05) is 22.9 Å². The number of hydrogen-bond donors (Lipinski definition) is 0. The van der Waals surface area contributed by atoms with Crippen molar-refractivity contribution in [1.82, 2.24) is 9.78 Å². The second kappa shape index (κ2) is 6.43. The van der Waals surface area contributed by atoms with Crippen LogP contribution in [0, 0.1) is 0 Å². The van der Waals surface area contributed by atoms with Crippen LogP contribution < -0.4 is 9.47 Å². The van der Waals surface area contributed by atoms with Gasteiger partial charge in [-0.3, -0.25) is 9.48 Å². The van der Waals surface area contributed by atoms with Gasteiger partial charge >= 0.3 is 0 Å². The fraction of sp³-hybridized carbons (Fsp3) is 0.375. The van der Waals surface area contributed by atoms with Gasteiger partial charge in [-0.15, -0.1) is 0 Å². The summed E-state index contributed by atoms with van der Waals surface area (Å²) in [4.78, 5) is 11.3. The molecule has 0 aliphatic carbocycles. The Kier molecular flexibility index (Phi) is 4.62. The molecule has 1 atom stereocenters. The monoisotopic (exact) mass is 288 g/mol. The van der Waals surface area contributed by atoms with E-state index in [0.717, 1.165) is 18.3 Å². The third-order valence-electron chi connectivity index (χ3n) is 3.59. The molecule has 21 heavy (non-hydrogen) atoms. The molecule has 0 aliphatic heterocycles. The van der Waals surface area contributed by atoms with Crippen molar-refractivity contribution >= 4 is 6.29 Å². The average molecular weight is 288 g/mol. The van der Waals surface area contributed by atoms with Crippen LogP contribution in [0.15, 0.2) is 24.4 Å². The molecule has 0 saturated heterocycles. The molecular formula is C16H20N2O3. The SMILES string of the molecule is CCC(C)n1cc(C=O)c(-c2ccc(OC)c(OC)c2)n1. The van der Waals surface area contributed by atoms with Crippen molar-refractivity contribution in [3.8, 4) is 22.8 Å². The van der Waals surface area contributed by atoms with E-state index in [9.17, 15) is 4.79 Å². The zero-order valence-corrected chi connectivity index (χ0v) is 12.8. The summed E-state index contributed by atoms with van der Waals surface area (Å²) in [5, 5.41) is 4.54. The van der Waals surface area contributed by atoms with Gasteiger partial charge in [-0.2, -0.15) is 5.10 Å². The summed E-state index contributed by atoms with van der Waals surface area (Å²) in [5.41, 5.74) is 2.06. The van der Waals surface area contributed by atoms with E-state index in [1.165, 1.54) is 0 Å². The first-order valence-electron chi connectivity index (χ1n) is 6.91. The topological polar surface area (TPSA) is 53.4 Å². The van der Waals surface area contributed by atoms with Gasteiger partial charge in [-0.25, -0.2) is 0 Å². The minimum absolute atomic E-state index is 0.248. The van der Waals surface area contributed by atoms with Gasteiger partial charge in [0.25, 0.3) is 0 Å². The number of rotatable bonds is 6. The Morgan fingerprint density at radius 2 is 2.00 bits per heavy atom. The quantitative estimate of drug-likeness (QED) is 0.765. The highest BCUT2D eigenvalue weighted by atomic mass is 16.5. The van der Waals surface area contributed by atoms with E-state index in [-0.39, 0.29) is 6.04 Å². The van der Waals surface area contributed by atoms with Gasteiger partial charge in [0, 0.05) is 17.8 Å². The molecule has 0 N–H and O–H groups in total. The van der Waals surface area contributed by atoms with Crippen LogP contribution in [0.2, 0.25) is 0 Å². The minimum atomic E-state index is 0.248. The number of nitrogens with zero attached hydrogens (tertiary/aromatic N) is 2. The van der Waals surface area contributed by atoms with Gasteiger partial charge in [0.05, 0.1) is 19.8 Å². The molecule has 1 heterocycles. The highest BCUT2D eigenvalue weighted by molar-refractivity contribution is 5.85. The smallest absolute Gasteiger partial charge is 0.161 e. The second-order valence-electron chi connectivity index (χ2n) is 4.86. The molecule has 0 fully saturated rings. The molecule has 2 aromatic rings. The number of aromatic nitrogens is 2. The lowest BCUT2D eigenvalue weighted by molar-refractivity contribution is 0.112. The molecule has 0 spiro atoms. The number of methoxy groups -OCH3 is 2. The lowest BCUT2D eigenvalue weighted by atomic mass is 10.1. The van der Waals surface area contributed by atoms with Gasteiger partial charge in [0.2, 0.25) is 0 Å². The third-order valence-corrected chi connectivity index (χ3v) is 3.59. The van der Waals surface area contributed by atoms with Gasteiger partial charge in [-0.1, -0.05) is 6.92 Å². The zero-order chi connectivity index (χ0) is 15.4. The third kappa shape index (κ3) is 2.91. The Balaban J connectivity index is 2.50. The molecule has 112 valence electrons. The van der Waals surface area contributed by atoms with Crippen molar-refractivity contribution in [3.63, 3.8) is 0 Å². The predicted octanol–water partition coefficient (Wildman–Crippen LogP) is 3.35. The fourth-order valence-corrected chi connectivity index (χ4v) is 2.11. The maximum atomic E-state index is 11.3. The lowest BCUT2D eigenvalue weighted by Crippen LogP contribution is -2.04. The Hall–Kier alpha value is -2.30. The van der Waals surface area contributed by atoms with E-state index in [2.05, 4.69) is 18.9 Å². The van der Waals surface area contributed by atoms with Crippen LogP contribution in [-0.4, -0.2) is 30.3 Å².